The molecule has 0 bridgehead atoms. The van der Waals surface area contributed by atoms with Gasteiger partial charge >= 0.3 is 0 Å². The molecule has 2 rings (SSSR count). The maximum atomic E-state index is 10.3. The van der Waals surface area contributed by atoms with Crippen molar-refractivity contribution in [1.29, 1.82) is 0 Å². The Hall–Kier alpha value is 0.0483. The van der Waals surface area contributed by atoms with Gasteiger partial charge in [0, 0.05) is 57.5 Å². The van der Waals surface area contributed by atoms with Gasteiger partial charge in [-0.25, -0.2) is 6.20 Å². The number of aromatic nitrogens is 2. The van der Waals surface area contributed by atoms with Gasteiger partial charge in [0.15, 0.2) is 0 Å². The van der Waals surface area contributed by atoms with Gasteiger partial charge in [0.05, 0.1) is 0 Å². The summed E-state index contributed by atoms with van der Waals surface area (Å²) in [6, 6.07) is 5.47. The Kier molecular flexibility index (Phi) is 10.8. The third-order valence-electron chi connectivity index (χ3n) is 1.47. The second kappa shape index (κ2) is 9.29. The van der Waals surface area contributed by atoms with Crippen LogP contribution in [0, 0.1) is 6.20 Å². The second-order valence-corrected chi connectivity index (χ2v) is 2.12. The molecule has 0 spiro atoms. The van der Waals surface area contributed by atoms with Crippen LogP contribution in [0.25, 0.3) is 5.52 Å². The van der Waals surface area contributed by atoms with Crippen LogP contribution in [0.15, 0.2) is 24.4 Å². The zero-order valence-electron chi connectivity index (χ0n) is 8.64. The molecule has 0 unspecified atom stereocenters. The zero-order chi connectivity index (χ0) is 9.68. The van der Waals surface area contributed by atoms with Crippen LogP contribution >= 0.6 is 0 Å². The van der Waals surface area contributed by atoms with E-state index in [4.69, 9.17) is 0 Å². The van der Waals surface area contributed by atoms with E-state index in [1.807, 2.05) is 26.0 Å². The molecule has 76 valence electrons. The molecule has 0 saturated heterocycles. The molecule has 0 atom stereocenters. The molecule has 3 nitrogen and oxygen atoms in total. The number of hydrogen-bond donors (Lipinski definition) is 0. The molecule has 2 aromatic heterocycles. The summed E-state index contributed by atoms with van der Waals surface area (Å²) < 4.78 is 1.58. The van der Waals surface area contributed by atoms with Crippen molar-refractivity contribution in [2.24, 2.45) is 0 Å². The molecule has 0 amide bonds. The van der Waals surface area contributed by atoms with Crippen molar-refractivity contribution >= 4 is 11.8 Å². The number of fused-ring (bicyclic) bond motifs is 1. The van der Waals surface area contributed by atoms with Gasteiger partial charge in [-0.15, -0.1) is 12.4 Å². The quantitative estimate of drug-likeness (QED) is 0.750. The van der Waals surface area contributed by atoms with Crippen LogP contribution in [-0.4, -0.2) is 15.9 Å². The minimum Gasteiger partial charge on any atom is -0.462 e. The van der Waals surface area contributed by atoms with Crippen molar-refractivity contribution < 1.29 is 56.1 Å². The fourth-order valence-electron chi connectivity index (χ4n) is 0.956. The number of pyridine rings is 1. The van der Waals surface area contributed by atoms with Gasteiger partial charge in [0.25, 0.3) is 0 Å². The largest absolute Gasteiger partial charge is 0.462 e. The molecule has 0 aliphatic heterocycles. The Morgan fingerprint density at radius 3 is 2.67 bits per heavy atom. The van der Waals surface area contributed by atoms with Crippen molar-refractivity contribution in [1.82, 2.24) is 9.61 Å². The van der Waals surface area contributed by atoms with Crippen LogP contribution in [0.5, 0.6) is 0 Å². The van der Waals surface area contributed by atoms with Crippen LogP contribution in [0.2, 0.25) is 0 Å². The van der Waals surface area contributed by atoms with Crippen molar-refractivity contribution in [3.63, 3.8) is 0 Å². The Morgan fingerprint density at radius 2 is 2.07 bits per heavy atom. The summed E-state index contributed by atoms with van der Waals surface area (Å²) in [6.07, 6.45) is 6.07. The Labute approximate surface area is 126 Å². The Morgan fingerprint density at radius 1 is 1.40 bits per heavy atom. The molecule has 0 saturated carbocycles. The van der Waals surface area contributed by atoms with Gasteiger partial charge in [-0.1, -0.05) is 19.9 Å². The van der Waals surface area contributed by atoms with E-state index >= 15 is 0 Å². The molecule has 0 aliphatic rings. The van der Waals surface area contributed by atoms with Crippen molar-refractivity contribution in [3.8, 4) is 0 Å². The van der Waals surface area contributed by atoms with Gasteiger partial charge in [-0.2, -0.15) is 5.52 Å². The third kappa shape index (κ3) is 4.19. The average Bonchev–Trinajstić information content (AvgIpc) is 2.64. The topological polar surface area (TPSA) is 34.4 Å². The van der Waals surface area contributed by atoms with Gasteiger partial charge in [-0.05, 0) is 6.07 Å². The second-order valence-electron chi connectivity index (χ2n) is 2.12. The van der Waals surface area contributed by atoms with Crippen LogP contribution < -0.4 is 0 Å². The molecular formula is C10H10N2OVY-2. The summed E-state index contributed by atoms with van der Waals surface area (Å²) in [5.74, 6) is 0. The molecule has 0 aliphatic carbocycles. The molecule has 2 heterocycles. The SMILES string of the molecule is CC.O=[C-]c1[c-]nn2ccccc12.[V].[Y]. The predicted molar refractivity (Wildman–Crippen MR) is 50.2 cm³/mol. The zero-order valence-corrected chi connectivity index (χ0v) is 12.9. The van der Waals surface area contributed by atoms with Crippen LogP contribution in [-0.2, 0) is 56.1 Å². The van der Waals surface area contributed by atoms with E-state index in [0.717, 1.165) is 5.52 Å². The normalized spacial score (nSPS) is 7.87. The molecule has 15 heavy (non-hydrogen) atoms. The maximum Gasteiger partial charge on any atom is 0.000450 e. The first kappa shape index (κ1) is 17.4. The molecule has 0 aromatic carbocycles. The van der Waals surface area contributed by atoms with Crippen LogP contribution in [0.3, 0.4) is 0 Å². The molecule has 5 heteroatoms. The van der Waals surface area contributed by atoms with Gasteiger partial charge in [0.2, 0.25) is 0 Å². The van der Waals surface area contributed by atoms with Gasteiger partial charge in [-0.3, -0.25) is 5.56 Å². The summed E-state index contributed by atoms with van der Waals surface area (Å²) in [7, 11) is 0. The summed E-state index contributed by atoms with van der Waals surface area (Å²) in [4.78, 5) is 10.3. The van der Waals surface area contributed by atoms with Gasteiger partial charge < -0.3 is 14.4 Å². The monoisotopic (exact) mass is 314 g/mol. The summed E-state index contributed by atoms with van der Waals surface area (Å²) in [5, 5.41) is 3.82. The summed E-state index contributed by atoms with van der Waals surface area (Å²) >= 11 is 0. The van der Waals surface area contributed by atoms with Crippen molar-refractivity contribution in [2.45, 2.75) is 13.8 Å². The van der Waals surface area contributed by atoms with E-state index in [-0.39, 0.29) is 51.3 Å². The molecule has 0 N–H and O–H groups in total. The third-order valence-corrected chi connectivity index (χ3v) is 1.47. The van der Waals surface area contributed by atoms with Crippen molar-refractivity contribution in [3.05, 3.63) is 36.2 Å². The molecular weight excluding hydrogens is 304 g/mol. The number of carbonyl (C=O) groups excluding carboxylic acids is 1. The fourth-order valence-corrected chi connectivity index (χ4v) is 0.956. The van der Waals surface area contributed by atoms with E-state index in [1.165, 1.54) is 0 Å². The predicted octanol–water partition coefficient (Wildman–Crippen LogP) is 1.61. The fraction of sp³-hybridized carbons (Fsp3) is 0.200. The van der Waals surface area contributed by atoms with E-state index in [9.17, 15) is 4.79 Å². The number of rotatable bonds is 1. The van der Waals surface area contributed by atoms with Crippen LogP contribution in [0.1, 0.15) is 19.4 Å². The minimum absolute atomic E-state index is 0. The van der Waals surface area contributed by atoms with Crippen molar-refractivity contribution in [2.75, 3.05) is 0 Å². The molecule has 2 radical (unpaired) electrons. The maximum absolute atomic E-state index is 10.3. The van der Waals surface area contributed by atoms with Crippen LogP contribution in [0.4, 0.5) is 0 Å². The first-order chi connectivity index (χ1) is 6.42. The first-order valence-corrected chi connectivity index (χ1v) is 4.15. The first-order valence-electron chi connectivity index (χ1n) is 4.15. The number of hydrogen-bond acceptors (Lipinski definition) is 2. The molecule has 0 fully saturated rings. The smallest absolute Gasteiger partial charge is 0.000450 e. The number of nitrogens with zero attached hydrogens (tertiary/aromatic N) is 2. The minimum atomic E-state index is 0. The van der Waals surface area contributed by atoms with E-state index in [1.54, 1.807) is 23.1 Å². The Balaban J connectivity index is 0. The summed E-state index contributed by atoms with van der Waals surface area (Å²) in [5.41, 5.74) is 1.12. The van der Waals surface area contributed by atoms with Gasteiger partial charge in [0.1, 0.15) is 0 Å². The van der Waals surface area contributed by atoms with E-state index < -0.39 is 0 Å². The van der Waals surface area contributed by atoms with E-state index in [2.05, 4.69) is 11.3 Å². The standard InChI is InChI=1S/C8H4N2O.C2H6.V.Y/c11-6-7-5-9-10-4-2-1-3-8(7)10;1-2;;/h1-4H;1-2H3;;/q-2;;;. The average molecular weight is 314 g/mol. The Bertz CT molecular complexity index is 403. The molecule has 2 aromatic rings. The summed E-state index contributed by atoms with van der Waals surface area (Å²) in [6.45, 7) is 4.00. The van der Waals surface area contributed by atoms with E-state index in [0.29, 0.717) is 5.56 Å².